The van der Waals surface area contributed by atoms with Crippen LogP contribution in [-0.2, 0) is 6.54 Å². The molecule has 138 valence electrons. The molecule has 1 aromatic heterocycles. The lowest BCUT2D eigenvalue weighted by molar-refractivity contribution is 0.340. The van der Waals surface area contributed by atoms with Crippen LogP contribution in [0.4, 0.5) is 4.39 Å². The van der Waals surface area contributed by atoms with Gasteiger partial charge in [-0.15, -0.1) is 0 Å². The van der Waals surface area contributed by atoms with Gasteiger partial charge in [-0.3, -0.25) is 4.79 Å². The summed E-state index contributed by atoms with van der Waals surface area (Å²) >= 11 is 0. The molecule has 1 aliphatic heterocycles. The molecule has 3 aromatic rings. The van der Waals surface area contributed by atoms with Crippen molar-refractivity contribution in [3.63, 3.8) is 0 Å². The van der Waals surface area contributed by atoms with Crippen LogP contribution in [0.25, 0.3) is 22.6 Å². The summed E-state index contributed by atoms with van der Waals surface area (Å²) in [5.41, 5.74) is 1.83. The lowest BCUT2D eigenvalue weighted by atomic mass is 10.1. The number of ether oxygens (including phenoxy) is 2. The largest absolute Gasteiger partial charge is 0.502 e. The second-order valence-corrected chi connectivity index (χ2v) is 6.25. The van der Waals surface area contributed by atoms with E-state index < -0.39 is 11.4 Å². The number of phenolic OH excluding ortho intramolecular Hbond substituents is 1. The highest BCUT2D eigenvalue weighted by Gasteiger charge is 2.21. The summed E-state index contributed by atoms with van der Waals surface area (Å²) in [6, 6.07) is 7.53. The molecule has 2 aromatic carbocycles. The van der Waals surface area contributed by atoms with E-state index in [1.54, 1.807) is 18.2 Å². The van der Waals surface area contributed by atoms with Gasteiger partial charge in [0.05, 0.1) is 25.1 Å². The maximum atomic E-state index is 13.5. The number of nitrogens with zero attached hydrogens (tertiary/aromatic N) is 2. The molecule has 0 amide bonds. The number of methoxy groups -OCH3 is 2. The average Bonchev–Trinajstić information content (AvgIpc) is 3.05. The summed E-state index contributed by atoms with van der Waals surface area (Å²) in [7, 11) is 2.92. The first-order valence-corrected chi connectivity index (χ1v) is 8.38. The molecule has 0 bridgehead atoms. The van der Waals surface area contributed by atoms with Crippen molar-refractivity contribution in [3.05, 3.63) is 57.9 Å². The Morgan fingerprint density at radius 2 is 1.89 bits per heavy atom. The number of allylic oxidation sites excluding steroid dienone is 1. The number of benzene rings is 2. The number of hydrogen-bond donors (Lipinski definition) is 1. The lowest BCUT2D eigenvalue weighted by Crippen LogP contribution is -2.14. The summed E-state index contributed by atoms with van der Waals surface area (Å²) in [6.45, 7) is 0.642. The molecule has 0 fully saturated rings. The van der Waals surface area contributed by atoms with Gasteiger partial charge in [0.25, 0.3) is 5.56 Å². The monoisotopic (exact) mass is 368 g/mol. The predicted molar refractivity (Wildman–Crippen MR) is 99.7 cm³/mol. The second-order valence-electron chi connectivity index (χ2n) is 6.25. The Kier molecular flexibility index (Phi) is 4.07. The Morgan fingerprint density at radius 1 is 1.19 bits per heavy atom. The predicted octanol–water partition coefficient (Wildman–Crippen LogP) is 3.20. The van der Waals surface area contributed by atoms with Gasteiger partial charge >= 0.3 is 0 Å². The molecule has 4 rings (SSSR count). The maximum Gasteiger partial charge on any atom is 0.281 e. The highest BCUT2D eigenvalue weighted by Crippen LogP contribution is 2.39. The number of phenols is 1. The van der Waals surface area contributed by atoms with Crippen LogP contribution >= 0.6 is 0 Å². The van der Waals surface area contributed by atoms with Crippen molar-refractivity contribution in [3.8, 4) is 17.2 Å². The van der Waals surface area contributed by atoms with Gasteiger partial charge in [0.15, 0.2) is 11.5 Å². The van der Waals surface area contributed by atoms with E-state index in [2.05, 4.69) is 4.98 Å². The quantitative estimate of drug-likeness (QED) is 0.769. The highest BCUT2D eigenvalue weighted by atomic mass is 19.1. The fraction of sp³-hybridized carbons (Fsp3) is 0.200. The van der Waals surface area contributed by atoms with Crippen LogP contribution in [0.1, 0.15) is 17.8 Å². The van der Waals surface area contributed by atoms with Gasteiger partial charge in [-0.1, -0.05) is 0 Å². The van der Waals surface area contributed by atoms with Crippen molar-refractivity contribution >= 4 is 22.6 Å². The first-order valence-electron chi connectivity index (χ1n) is 8.38. The van der Waals surface area contributed by atoms with E-state index >= 15 is 0 Å². The molecule has 0 aliphatic carbocycles. The van der Waals surface area contributed by atoms with Gasteiger partial charge in [-0.2, -0.15) is 4.98 Å². The normalized spacial score (nSPS) is 14.6. The molecule has 27 heavy (non-hydrogen) atoms. The summed E-state index contributed by atoms with van der Waals surface area (Å²) < 4.78 is 25.8. The van der Waals surface area contributed by atoms with Crippen LogP contribution in [0.5, 0.6) is 17.2 Å². The van der Waals surface area contributed by atoms with Crippen LogP contribution in [0, 0.1) is 5.82 Å². The lowest BCUT2D eigenvalue weighted by Gasteiger charge is -2.10. The standard InChI is InChI=1S/C20H17FN2O4/c1-26-16-8-11(9-17(27-2)18(16)24)7-12-5-6-23-15-4-3-13(21)10-14(15)20(25)22-19(12)23/h3-4,7-10,24H,5-6H2,1-2H3/b12-7+. The van der Waals surface area contributed by atoms with E-state index in [4.69, 9.17) is 9.47 Å². The van der Waals surface area contributed by atoms with Crippen molar-refractivity contribution in [1.29, 1.82) is 0 Å². The zero-order chi connectivity index (χ0) is 19.1. The van der Waals surface area contributed by atoms with Gasteiger partial charge in [-0.05, 0) is 54.0 Å². The van der Waals surface area contributed by atoms with Crippen LogP contribution < -0.4 is 15.0 Å². The van der Waals surface area contributed by atoms with Gasteiger partial charge in [0.2, 0.25) is 5.75 Å². The Bertz CT molecular complexity index is 1130. The Balaban J connectivity index is 1.87. The summed E-state index contributed by atoms with van der Waals surface area (Å²) in [5.74, 6) is 0.609. The molecule has 0 saturated heterocycles. The summed E-state index contributed by atoms with van der Waals surface area (Å²) in [4.78, 5) is 16.5. The second kappa shape index (κ2) is 6.42. The molecule has 7 heteroatoms. The van der Waals surface area contributed by atoms with E-state index in [0.717, 1.165) is 11.1 Å². The SMILES string of the molecule is COc1cc(/C=C2\CCn3c2nc(=O)c2cc(F)ccc23)cc(OC)c1O. The van der Waals surface area contributed by atoms with Crippen molar-refractivity contribution in [2.75, 3.05) is 14.2 Å². The van der Waals surface area contributed by atoms with E-state index in [-0.39, 0.29) is 11.1 Å². The minimum absolute atomic E-state index is 0.0728. The van der Waals surface area contributed by atoms with Crippen molar-refractivity contribution < 1.29 is 19.0 Å². The number of halogens is 1. The highest BCUT2D eigenvalue weighted by molar-refractivity contribution is 5.86. The Morgan fingerprint density at radius 3 is 2.56 bits per heavy atom. The molecule has 0 unspecified atom stereocenters. The topological polar surface area (TPSA) is 73.6 Å². The first kappa shape index (κ1) is 17.1. The number of aromatic nitrogens is 2. The van der Waals surface area contributed by atoms with Crippen LogP contribution in [-0.4, -0.2) is 28.9 Å². The third-order valence-corrected chi connectivity index (χ3v) is 4.68. The Hall–Kier alpha value is -3.35. The molecule has 0 saturated carbocycles. The van der Waals surface area contributed by atoms with Gasteiger partial charge in [0.1, 0.15) is 11.6 Å². The van der Waals surface area contributed by atoms with Gasteiger partial charge in [-0.25, -0.2) is 4.39 Å². The third kappa shape index (κ3) is 2.81. The zero-order valence-electron chi connectivity index (χ0n) is 14.8. The molecule has 1 N–H and O–H groups in total. The molecule has 2 heterocycles. The van der Waals surface area contributed by atoms with Crippen LogP contribution in [0.15, 0.2) is 35.1 Å². The van der Waals surface area contributed by atoms with E-state index in [1.807, 2.05) is 10.6 Å². The number of fused-ring (bicyclic) bond motifs is 3. The number of aryl methyl sites for hydroxylation is 1. The first-order chi connectivity index (χ1) is 13.0. The minimum atomic E-state index is -0.459. The summed E-state index contributed by atoms with van der Waals surface area (Å²) in [5, 5.41) is 10.3. The molecule has 0 spiro atoms. The van der Waals surface area contributed by atoms with Gasteiger partial charge in [0, 0.05) is 6.54 Å². The maximum absolute atomic E-state index is 13.5. The third-order valence-electron chi connectivity index (χ3n) is 4.68. The van der Waals surface area contributed by atoms with E-state index in [9.17, 15) is 14.3 Å². The average molecular weight is 368 g/mol. The smallest absolute Gasteiger partial charge is 0.281 e. The van der Waals surface area contributed by atoms with Crippen molar-refractivity contribution in [1.82, 2.24) is 9.55 Å². The van der Waals surface area contributed by atoms with E-state index in [1.165, 1.54) is 26.4 Å². The Labute approximate surface area is 154 Å². The van der Waals surface area contributed by atoms with Crippen LogP contribution in [0.3, 0.4) is 0 Å². The van der Waals surface area contributed by atoms with E-state index in [0.29, 0.717) is 35.8 Å². The van der Waals surface area contributed by atoms with Crippen LogP contribution in [0.2, 0.25) is 0 Å². The minimum Gasteiger partial charge on any atom is -0.502 e. The van der Waals surface area contributed by atoms with Gasteiger partial charge < -0.3 is 19.1 Å². The molecular weight excluding hydrogens is 351 g/mol. The van der Waals surface area contributed by atoms with Crippen molar-refractivity contribution in [2.24, 2.45) is 0 Å². The zero-order valence-corrected chi connectivity index (χ0v) is 14.8. The molecule has 0 atom stereocenters. The number of aromatic hydroxyl groups is 1. The molecule has 6 nitrogen and oxygen atoms in total. The fourth-order valence-corrected chi connectivity index (χ4v) is 3.40. The number of rotatable bonds is 3. The molecule has 1 aliphatic rings. The fourth-order valence-electron chi connectivity index (χ4n) is 3.40. The number of hydrogen-bond acceptors (Lipinski definition) is 5. The summed E-state index contributed by atoms with van der Waals surface area (Å²) in [6.07, 6.45) is 2.56. The van der Waals surface area contributed by atoms with Crippen molar-refractivity contribution in [2.45, 2.75) is 13.0 Å². The molecule has 0 radical (unpaired) electrons. The molecular formula is C20H17FN2O4.